The molecule has 0 radical (unpaired) electrons. The van der Waals surface area contributed by atoms with Crippen molar-refractivity contribution in [2.24, 2.45) is 9.98 Å². The van der Waals surface area contributed by atoms with Crippen molar-refractivity contribution in [1.82, 2.24) is 10.2 Å². The molecular weight excluding hydrogens is 468 g/mol. The van der Waals surface area contributed by atoms with Crippen LogP contribution >= 0.6 is 23.1 Å². The number of carbonyl (C=O) groups is 3. The van der Waals surface area contributed by atoms with E-state index in [4.69, 9.17) is 0 Å². The van der Waals surface area contributed by atoms with Gasteiger partial charge >= 0.3 is 0 Å². The van der Waals surface area contributed by atoms with Gasteiger partial charge in [-0.15, -0.1) is 11.3 Å². The van der Waals surface area contributed by atoms with Crippen molar-refractivity contribution >= 4 is 57.4 Å². The highest BCUT2D eigenvalue weighted by Gasteiger charge is 2.42. The maximum absolute atomic E-state index is 13.3. The van der Waals surface area contributed by atoms with E-state index in [0.717, 1.165) is 10.4 Å². The van der Waals surface area contributed by atoms with Crippen molar-refractivity contribution in [3.05, 3.63) is 88.1 Å². The number of para-hydroxylation sites is 1. The number of nitrogens with one attached hydrogen (secondary N) is 1. The van der Waals surface area contributed by atoms with E-state index in [-0.39, 0.29) is 29.8 Å². The molecule has 170 valence electrons. The van der Waals surface area contributed by atoms with Gasteiger partial charge in [0.2, 0.25) is 5.91 Å². The largest absolute Gasteiger partial charge is 0.351 e. The summed E-state index contributed by atoms with van der Waals surface area (Å²) in [4.78, 5) is 50.2. The van der Waals surface area contributed by atoms with Gasteiger partial charge in [0, 0.05) is 16.0 Å². The molecule has 2 aliphatic heterocycles. The molecule has 9 heteroatoms. The van der Waals surface area contributed by atoms with Crippen molar-refractivity contribution < 1.29 is 14.4 Å². The average molecular weight is 489 g/mol. The highest BCUT2D eigenvalue weighted by molar-refractivity contribution is 8.14. The minimum atomic E-state index is -0.833. The summed E-state index contributed by atoms with van der Waals surface area (Å²) in [6.45, 7) is 0.421. The molecule has 0 bridgehead atoms. The van der Waals surface area contributed by atoms with Gasteiger partial charge in [0.05, 0.1) is 24.4 Å². The van der Waals surface area contributed by atoms with Crippen molar-refractivity contribution in [3.8, 4) is 0 Å². The summed E-state index contributed by atoms with van der Waals surface area (Å²) in [5.41, 5.74) is 2.02. The number of rotatable bonds is 7. The lowest BCUT2D eigenvalue weighted by Crippen LogP contribution is -2.42. The Kier molecular flexibility index (Phi) is 6.37. The summed E-state index contributed by atoms with van der Waals surface area (Å²) >= 11 is 2.76. The zero-order chi connectivity index (χ0) is 23.5. The molecule has 2 aromatic carbocycles. The minimum absolute atomic E-state index is 0.0483. The summed E-state index contributed by atoms with van der Waals surface area (Å²) in [5.74, 6) is 0.000505. The average Bonchev–Trinajstić information content (AvgIpc) is 3.50. The van der Waals surface area contributed by atoms with E-state index in [2.05, 4.69) is 15.3 Å². The van der Waals surface area contributed by atoms with Gasteiger partial charge in [-0.05, 0) is 23.6 Å². The van der Waals surface area contributed by atoms with E-state index in [1.54, 1.807) is 23.5 Å². The van der Waals surface area contributed by atoms with Gasteiger partial charge in [-0.25, -0.2) is 9.89 Å². The maximum Gasteiger partial charge on any atom is 0.259 e. The number of hydrogen-bond donors (Lipinski definition) is 1. The maximum atomic E-state index is 13.3. The van der Waals surface area contributed by atoms with Gasteiger partial charge < -0.3 is 5.32 Å². The predicted molar refractivity (Wildman–Crippen MR) is 135 cm³/mol. The van der Waals surface area contributed by atoms with Gasteiger partial charge in [-0.3, -0.25) is 19.4 Å². The zero-order valence-corrected chi connectivity index (χ0v) is 19.6. The lowest BCUT2D eigenvalue weighted by Gasteiger charge is -2.25. The van der Waals surface area contributed by atoms with E-state index < -0.39 is 6.04 Å². The fourth-order valence-corrected chi connectivity index (χ4v) is 5.26. The van der Waals surface area contributed by atoms with Crippen LogP contribution in [0.4, 0.5) is 5.69 Å². The zero-order valence-electron chi connectivity index (χ0n) is 18.0. The second-order valence-electron chi connectivity index (χ2n) is 7.69. The number of aliphatic imine (C=N–C) groups is 2. The van der Waals surface area contributed by atoms with E-state index in [1.165, 1.54) is 16.7 Å². The number of fused-ring (bicyclic) bond motifs is 3. The Morgan fingerprint density at radius 3 is 2.62 bits per heavy atom. The summed E-state index contributed by atoms with van der Waals surface area (Å²) in [7, 11) is 0. The lowest BCUT2D eigenvalue weighted by molar-refractivity contribution is -0.128. The van der Waals surface area contributed by atoms with Crippen molar-refractivity contribution in [1.29, 1.82) is 0 Å². The molecule has 3 aromatic rings. The molecule has 0 spiro atoms. The summed E-state index contributed by atoms with van der Waals surface area (Å²) in [6.07, 6.45) is -0.0483. The van der Waals surface area contributed by atoms with Crippen LogP contribution in [0.25, 0.3) is 0 Å². The molecule has 3 heterocycles. The Bertz CT molecular complexity index is 1300. The molecule has 1 unspecified atom stereocenters. The number of amidine groups is 2. The molecule has 0 aliphatic carbocycles. The van der Waals surface area contributed by atoms with Crippen LogP contribution in [0.15, 0.2) is 82.1 Å². The Balaban J connectivity index is 1.33. The van der Waals surface area contributed by atoms with Crippen LogP contribution in [0.1, 0.15) is 27.2 Å². The summed E-state index contributed by atoms with van der Waals surface area (Å²) in [6, 6.07) is 19.5. The molecule has 0 saturated carbocycles. The number of thiophene rings is 1. The second kappa shape index (κ2) is 9.74. The molecule has 0 saturated heterocycles. The third-order valence-corrected chi connectivity index (χ3v) is 7.21. The standard InChI is InChI=1S/C25H20N4O3S2/c30-21(16-7-2-1-3-8-16)15-34-25-28-19-11-5-4-10-18(19)23-27-20(24(32)29(23)25)13-22(31)26-14-17-9-6-12-33-17/h1-12,20H,13-15H2,(H,26,31). The molecule has 7 nitrogen and oxygen atoms in total. The number of carbonyl (C=O) groups excluding carboxylic acids is 3. The summed E-state index contributed by atoms with van der Waals surface area (Å²) < 4.78 is 0. The number of Topliss-reactive ketones (excluding diaryl/α,β-unsaturated/α-hetero) is 1. The first-order valence-corrected chi connectivity index (χ1v) is 12.6. The number of hydrogen-bond acceptors (Lipinski definition) is 7. The van der Waals surface area contributed by atoms with Gasteiger partial charge in [-0.1, -0.05) is 60.3 Å². The number of nitrogens with zero attached hydrogens (tertiary/aromatic N) is 3. The first kappa shape index (κ1) is 22.2. The monoisotopic (exact) mass is 488 g/mol. The minimum Gasteiger partial charge on any atom is -0.351 e. The van der Waals surface area contributed by atoms with Crippen molar-refractivity contribution in [3.63, 3.8) is 0 Å². The van der Waals surface area contributed by atoms with Gasteiger partial charge in [-0.2, -0.15) is 0 Å². The van der Waals surface area contributed by atoms with Gasteiger partial charge in [0.1, 0.15) is 11.9 Å². The molecule has 0 fully saturated rings. The normalized spacial score (nSPS) is 16.4. The number of ketones is 1. The lowest BCUT2D eigenvalue weighted by atomic mass is 10.1. The van der Waals surface area contributed by atoms with E-state index in [9.17, 15) is 14.4 Å². The van der Waals surface area contributed by atoms with Crippen LogP contribution < -0.4 is 5.32 Å². The Labute approximate surface area is 204 Å². The topological polar surface area (TPSA) is 91.2 Å². The van der Waals surface area contributed by atoms with Gasteiger partial charge in [0.25, 0.3) is 5.91 Å². The SMILES string of the molecule is O=C(CC1N=C2c3ccccc3N=C(SCC(=O)c3ccccc3)N2C1=O)NCc1cccs1. The van der Waals surface area contributed by atoms with Crippen LogP contribution in [-0.2, 0) is 16.1 Å². The molecule has 1 N–H and O–H groups in total. The highest BCUT2D eigenvalue weighted by Crippen LogP contribution is 2.34. The van der Waals surface area contributed by atoms with Crippen LogP contribution in [0.5, 0.6) is 0 Å². The fourth-order valence-electron chi connectivity index (χ4n) is 3.72. The molecule has 2 aliphatic rings. The van der Waals surface area contributed by atoms with Crippen LogP contribution in [-0.4, -0.2) is 45.3 Å². The van der Waals surface area contributed by atoms with Crippen molar-refractivity contribution in [2.45, 2.75) is 19.0 Å². The van der Waals surface area contributed by atoms with Crippen LogP contribution in [0.2, 0.25) is 0 Å². The highest BCUT2D eigenvalue weighted by atomic mass is 32.2. The molecule has 2 amide bonds. The van der Waals surface area contributed by atoms with Gasteiger partial charge in [0.15, 0.2) is 11.0 Å². The fraction of sp³-hybridized carbons (Fsp3) is 0.160. The Morgan fingerprint density at radius 1 is 1.03 bits per heavy atom. The third kappa shape index (κ3) is 4.57. The first-order chi connectivity index (χ1) is 16.6. The molecular formula is C25H20N4O3S2. The molecule has 5 rings (SSSR count). The van der Waals surface area contributed by atoms with E-state index >= 15 is 0 Å². The Hall–Kier alpha value is -3.56. The number of amides is 2. The smallest absolute Gasteiger partial charge is 0.259 e. The first-order valence-electron chi connectivity index (χ1n) is 10.7. The van der Waals surface area contributed by atoms with Crippen LogP contribution in [0, 0.1) is 0 Å². The number of benzene rings is 2. The molecule has 34 heavy (non-hydrogen) atoms. The number of thioether (sulfide) groups is 1. The van der Waals surface area contributed by atoms with Crippen molar-refractivity contribution in [2.75, 3.05) is 5.75 Å². The third-order valence-electron chi connectivity index (χ3n) is 5.39. The van der Waals surface area contributed by atoms with E-state index in [0.29, 0.717) is 28.8 Å². The quantitative estimate of drug-likeness (QED) is 0.509. The molecule has 1 atom stereocenters. The molecule has 1 aromatic heterocycles. The Morgan fingerprint density at radius 2 is 1.82 bits per heavy atom. The second-order valence-corrected chi connectivity index (χ2v) is 9.67. The van der Waals surface area contributed by atoms with E-state index in [1.807, 2.05) is 60.0 Å². The van der Waals surface area contributed by atoms with Crippen LogP contribution in [0.3, 0.4) is 0 Å². The predicted octanol–water partition coefficient (Wildman–Crippen LogP) is 4.03. The summed E-state index contributed by atoms with van der Waals surface area (Å²) in [5, 5.41) is 5.20.